The van der Waals surface area contributed by atoms with E-state index in [1.54, 1.807) is 20.0 Å². The molecule has 8 nitrogen and oxygen atoms in total. The number of fused-ring (bicyclic) bond motifs is 2. The minimum Gasteiger partial charge on any atom is -0.361 e. The number of aromatic nitrogens is 3. The molecule has 3 heterocycles. The fraction of sp³-hybridized carbons (Fsp3) is 0.278. The highest BCUT2D eigenvalue weighted by atomic mass is 16.2. The molecule has 2 aromatic heterocycles. The summed E-state index contributed by atoms with van der Waals surface area (Å²) < 4.78 is 2.63. The summed E-state index contributed by atoms with van der Waals surface area (Å²) in [6.07, 6.45) is 1.79. The van der Waals surface area contributed by atoms with Crippen LogP contribution >= 0.6 is 0 Å². The molecule has 1 unspecified atom stereocenters. The zero-order valence-corrected chi connectivity index (χ0v) is 14.5. The van der Waals surface area contributed by atoms with Crippen LogP contribution in [-0.2, 0) is 13.1 Å². The van der Waals surface area contributed by atoms with Gasteiger partial charge in [-0.05, 0) is 19.9 Å². The molecule has 26 heavy (non-hydrogen) atoms. The van der Waals surface area contributed by atoms with Crippen molar-refractivity contribution in [3.63, 3.8) is 0 Å². The number of rotatable bonds is 3. The number of nitrogens with one attached hydrogen (secondary N) is 3. The van der Waals surface area contributed by atoms with Crippen molar-refractivity contribution < 1.29 is 4.79 Å². The molecule has 0 aliphatic carbocycles. The molecule has 1 aromatic carbocycles. The smallest absolute Gasteiger partial charge is 0.332 e. The highest BCUT2D eigenvalue weighted by molar-refractivity contribution is 5.94. The Morgan fingerprint density at radius 2 is 1.77 bits per heavy atom. The third-order valence-corrected chi connectivity index (χ3v) is 4.82. The summed E-state index contributed by atoms with van der Waals surface area (Å²) in [5, 5.41) is 6.39. The molecule has 8 heteroatoms. The topological polar surface area (TPSA) is 101 Å². The Morgan fingerprint density at radius 1 is 1.04 bits per heavy atom. The molecule has 3 N–H and O–H groups in total. The lowest BCUT2D eigenvalue weighted by Gasteiger charge is -2.29. The number of carbonyl (C=O) groups excluding carboxylic acids is 1. The number of hydrogen-bond acceptors (Lipinski definition) is 3. The Morgan fingerprint density at radius 3 is 2.50 bits per heavy atom. The Hall–Kier alpha value is -3.29. The number of para-hydroxylation sites is 1. The van der Waals surface area contributed by atoms with Crippen molar-refractivity contribution in [1.29, 1.82) is 0 Å². The van der Waals surface area contributed by atoms with Gasteiger partial charge >= 0.3 is 11.7 Å². The van der Waals surface area contributed by atoms with Gasteiger partial charge in [-0.3, -0.25) is 19.2 Å². The molecule has 4 rings (SSSR count). The maximum Gasteiger partial charge on any atom is 0.332 e. The summed E-state index contributed by atoms with van der Waals surface area (Å²) in [6.45, 7) is 4.17. The minimum atomic E-state index is -0.640. The monoisotopic (exact) mass is 353 g/mol. The van der Waals surface area contributed by atoms with Crippen LogP contribution in [0.5, 0.6) is 0 Å². The number of anilines is 1. The molecule has 0 spiro atoms. The standard InChI is InChI=1S/C18H19N5O3/c1-3-22-15-13(16(24)23(4-2)18(22)26)14(20-17(25)21-15)11-9-19-12-8-6-5-7-10(11)12/h5-9,14,19H,3-4H2,1-2H3,(H2,20,21,25). The highest BCUT2D eigenvalue weighted by Crippen LogP contribution is 2.32. The summed E-state index contributed by atoms with van der Waals surface area (Å²) in [6, 6.07) is 6.60. The van der Waals surface area contributed by atoms with Crippen molar-refractivity contribution in [1.82, 2.24) is 19.4 Å². The molecule has 0 fully saturated rings. The van der Waals surface area contributed by atoms with Crippen molar-refractivity contribution in [2.45, 2.75) is 33.0 Å². The normalized spacial score (nSPS) is 16.2. The highest BCUT2D eigenvalue weighted by Gasteiger charge is 2.33. The number of nitrogens with zero attached hydrogens (tertiary/aromatic N) is 2. The van der Waals surface area contributed by atoms with E-state index >= 15 is 0 Å². The molecule has 0 saturated carbocycles. The van der Waals surface area contributed by atoms with Crippen molar-refractivity contribution in [2.24, 2.45) is 0 Å². The van der Waals surface area contributed by atoms with Gasteiger partial charge in [0.15, 0.2) is 0 Å². The molecule has 3 aromatic rings. The van der Waals surface area contributed by atoms with E-state index in [9.17, 15) is 14.4 Å². The van der Waals surface area contributed by atoms with E-state index in [-0.39, 0.29) is 17.9 Å². The van der Waals surface area contributed by atoms with E-state index in [0.29, 0.717) is 12.1 Å². The molecule has 0 radical (unpaired) electrons. The first-order valence-electron chi connectivity index (χ1n) is 8.57. The maximum atomic E-state index is 13.0. The number of H-pyrrole nitrogens is 1. The zero-order chi connectivity index (χ0) is 18.4. The van der Waals surface area contributed by atoms with Gasteiger partial charge in [0.2, 0.25) is 0 Å². The Labute approximate surface area is 148 Å². The lowest BCUT2D eigenvalue weighted by molar-refractivity contribution is 0.248. The van der Waals surface area contributed by atoms with Gasteiger partial charge in [-0.1, -0.05) is 18.2 Å². The molecule has 0 bridgehead atoms. The Balaban J connectivity index is 2.06. The molecule has 2 amide bonds. The summed E-state index contributed by atoms with van der Waals surface area (Å²) in [7, 11) is 0. The molecule has 1 aliphatic heterocycles. The van der Waals surface area contributed by atoms with Crippen molar-refractivity contribution in [3.8, 4) is 0 Å². The van der Waals surface area contributed by atoms with E-state index in [4.69, 9.17) is 0 Å². The average Bonchev–Trinajstić information content (AvgIpc) is 3.05. The van der Waals surface area contributed by atoms with E-state index in [1.165, 1.54) is 9.13 Å². The number of amides is 2. The van der Waals surface area contributed by atoms with Gasteiger partial charge in [0.25, 0.3) is 5.56 Å². The lowest BCUT2D eigenvalue weighted by Crippen LogP contribution is -2.50. The molecule has 0 saturated heterocycles. The van der Waals surface area contributed by atoms with Crippen LogP contribution in [0.15, 0.2) is 40.1 Å². The number of hydrogen-bond donors (Lipinski definition) is 3. The molecule has 1 aliphatic rings. The summed E-state index contributed by atoms with van der Waals surface area (Å²) in [5.41, 5.74) is 1.27. The largest absolute Gasteiger partial charge is 0.361 e. The second-order valence-corrected chi connectivity index (χ2v) is 6.16. The summed E-state index contributed by atoms with van der Waals surface area (Å²) >= 11 is 0. The SMILES string of the molecule is CCn1c2c(c(=O)n(CC)c1=O)C(c1c[nH]c3ccccc13)NC(=O)N2. The van der Waals surface area contributed by atoms with Gasteiger partial charge in [-0.25, -0.2) is 9.59 Å². The summed E-state index contributed by atoms with van der Waals surface area (Å²) in [4.78, 5) is 41.0. The number of benzene rings is 1. The first-order valence-corrected chi connectivity index (χ1v) is 8.57. The third kappa shape index (κ3) is 2.18. The molecule has 134 valence electrons. The predicted octanol–water partition coefficient (Wildman–Crippen LogP) is 1.76. The van der Waals surface area contributed by atoms with Gasteiger partial charge in [0.05, 0.1) is 11.6 Å². The number of urea groups is 1. The van der Waals surface area contributed by atoms with Crippen LogP contribution in [0.2, 0.25) is 0 Å². The van der Waals surface area contributed by atoms with Gasteiger partial charge in [0.1, 0.15) is 5.82 Å². The van der Waals surface area contributed by atoms with Gasteiger partial charge in [-0.2, -0.15) is 0 Å². The molecular formula is C18H19N5O3. The minimum absolute atomic E-state index is 0.263. The fourth-order valence-corrected chi connectivity index (χ4v) is 3.60. The van der Waals surface area contributed by atoms with Crippen LogP contribution in [0, 0.1) is 0 Å². The first kappa shape index (κ1) is 16.2. The molecular weight excluding hydrogens is 334 g/mol. The lowest BCUT2D eigenvalue weighted by atomic mass is 9.98. The fourth-order valence-electron chi connectivity index (χ4n) is 3.60. The molecule has 1 atom stereocenters. The van der Waals surface area contributed by atoms with Crippen LogP contribution in [0.3, 0.4) is 0 Å². The van der Waals surface area contributed by atoms with Crippen molar-refractivity contribution in [2.75, 3.05) is 5.32 Å². The predicted molar refractivity (Wildman–Crippen MR) is 98.6 cm³/mol. The Kier molecular flexibility index (Phi) is 3.68. The average molecular weight is 353 g/mol. The van der Waals surface area contributed by atoms with Crippen molar-refractivity contribution >= 4 is 22.8 Å². The van der Waals surface area contributed by atoms with Gasteiger partial charge in [0, 0.05) is 35.8 Å². The Bertz CT molecular complexity index is 1140. The summed E-state index contributed by atoms with van der Waals surface area (Å²) in [5.74, 6) is 0.270. The van der Waals surface area contributed by atoms with E-state index in [1.807, 2.05) is 24.3 Å². The van der Waals surface area contributed by atoms with Gasteiger partial charge in [-0.15, -0.1) is 0 Å². The second-order valence-electron chi connectivity index (χ2n) is 6.16. The van der Waals surface area contributed by atoms with Gasteiger partial charge < -0.3 is 10.3 Å². The number of carbonyl (C=O) groups is 1. The van der Waals surface area contributed by atoms with Crippen LogP contribution in [0.25, 0.3) is 10.9 Å². The van der Waals surface area contributed by atoms with Crippen LogP contribution < -0.4 is 21.9 Å². The van der Waals surface area contributed by atoms with Crippen molar-refractivity contribution in [3.05, 3.63) is 62.4 Å². The number of aromatic amines is 1. The maximum absolute atomic E-state index is 13.0. The second kappa shape index (κ2) is 5.91. The first-order chi connectivity index (χ1) is 12.6. The zero-order valence-electron chi connectivity index (χ0n) is 14.5. The van der Waals surface area contributed by atoms with Crippen LogP contribution in [-0.4, -0.2) is 20.1 Å². The van der Waals surface area contributed by atoms with Crippen LogP contribution in [0.1, 0.15) is 31.0 Å². The third-order valence-electron chi connectivity index (χ3n) is 4.82. The van der Waals surface area contributed by atoms with E-state index in [0.717, 1.165) is 16.5 Å². The van der Waals surface area contributed by atoms with E-state index in [2.05, 4.69) is 15.6 Å². The van der Waals surface area contributed by atoms with Crippen LogP contribution in [0.4, 0.5) is 10.6 Å². The van der Waals surface area contributed by atoms with E-state index < -0.39 is 17.8 Å². The quantitative estimate of drug-likeness (QED) is 0.669.